The molecule has 4 nitrogen and oxygen atoms in total. The van der Waals surface area contributed by atoms with Gasteiger partial charge in [0.25, 0.3) is 5.91 Å². The van der Waals surface area contributed by atoms with Crippen LogP contribution in [0.1, 0.15) is 36.7 Å². The highest BCUT2D eigenvalue weighted by molar-refractivity contribution is 8.00. The van der Waals surface area contributed by atoms with Crippen molar-refractivity contribution in [3.63, 3.8) is 0 Å². The minimum absolute atomic E-state index is 0.0521. The van der Waals surface area contributed by atoms with Crippen LogP contribution in [0.15, 0.2) is 24.3 Å². The normalized spacial score (nSPS) is 22.0. The summed E-state index contributed by atoms with van der Waals surface area (Å²) >= 11 is 1.92. The molecule has 1 aliphatic rings. The molecule has 21 heavy (non-hydrogen) atoms. The Hall–Kier alpha value is -1.49. The maximum atomic E-state index is 12.6. The molecule has 0 aliphatic carbocycles. The lowest BCUT2D eigenvalue weighted by Gasteiger charge is -2.37. The van der Waals surface area contributed by atoms with Crippen LogP contribution in [-0.2, 0) is 11.3 Å². The Morgan fingerprint density at radius 2 is 1.95 bits per heavy atom. The van der Waals surface area contributed by atoms with Crippen molar-refractivity contribution >= 4 is 23.6 Å². The Kier molecular flexibility index (Phi) is 5.28. The topological polar surface area (TPSA) is 49.4 Å². The maximum Gasteiger partial charge on any atom is 0.254 e. The van der Waals surface area contributed by atoms with Gasteiger partial charge >= 0.3 is 0 Å². The van der Waals surface area contributed by atoms with Crippen molar-refractivity contribution in [1.82, 2.24) is 10.2 Å². The summed E-state index contributed by atoms with van der Waals surface area (Å²) in [7, 11) is 0. The van der Waals surface area contributed by atoms with Gasteiger partial charge in [0.05, 0.1) is 0 Å². The van der Waals surface area contributed by atoms with E-state index >= 15 is 0 Å². The fraction of sp³-hybridized carbons (Fsp3) is 0.500. The standard InChI is InChI=1S/C16H22N2O2S/c1-11-12(2)21-9-8-18(11)16(20)15-6-4-14(5-7-15)10-17-13(3)19/h4-7,11-12H,8-10H2,1-3H3,(H,17,19)/t11-,12+/m1/s1. The predicted molar refractivity (Wildman–Crippen MR) is 86.4 cm³/mol. The van der Waals surface area contributed by atoms with Gasteiger partial charge in [0, 0.05) is 42.6 Å². The summed E-state index contributed by atoms with van der Waals surface area (Å²) in [5.74, 6) is 1.04. The number of carbonyl (C=O) groups excluding carboxylic acids is 2. The highest BCUT2D eigenvalue weighted by atomic mass is 32.2. The zero-order chi connectivity index (χ0) is 15.4. The molecule has 0 spiro atoms. The van der Waals surface area contributed by atoms with Crippen LogP contribution in [0.3, 0.4) is 0 Å². The molecule has 0 bridgehead atoms. The molecule has 0 saturated carbocycles. The van der Waals surface area contributed by atoms with Gasteiger partial charge in [-0.2, -0.15) is 11.8 Å². The van der Waals surface area contributed by atoms with Gasteiger partial charge in [0.2, 0.25) is 5.91 Å². The summed E-state index contributed by atoms with van der Waals surface area (Å²) < 4.78 is 0. The Bertz CT molecular complexity index is 516. The molecule has 2 atom stereocenters. The van der Waals surface area contributed by atoms with Crippen molar-refractivity contribution in [1.29, 1.82) is 0 Å². The number of rotatable bonds is 3. The molecule has 1 aromatic carbocycles. The number of hydrogen-bond donors (Lipinski definition) is 1. The van der Waals surface area contributed by atoms with Crippen LogP contribution in [0.5, 0.6) is 0 Å². The molecule has 1 fully saturated rings. The van der Waals surface area contributed by atoms with E-state index in [1.165, 1.54) is 6.92 Å². The molecule has 0 unspecified atom stereocenters. The van der Waals surface area contributed by atoms with E-state index < -0.39 is 0 Å². The van der Waals surface area contributed by atoms with Crippen LogP contribution in [0.25, 0.3) is 0 Å². The highest BCUT2D eigenvalue weighted by Gasteiger charge is 2.29. The van der Waals surface area contributed by atoms with Crippen molar-refractivity contribution in [2.24, 2.45) is 0 Å². The van der Waals surface area contributed by atoms with Crippen LogP contribution in [-0.4, -0.2) is 40.3 Å². The van der Waals surface area contributed by atoms with Gasteiger partial charge in [0.1, 0.15) is 0 Å². The minimum Gasteiger partial charge on any atom is -0.352 e. The van der Waals surface area contributed by atoms with E-state index in [0.717, 1.165) is 17.9 Å². The molecule has 0 radical (unpaired) electrons. The summed E-state index contributed by atoms with van der Waals surface area (Å²) in [5, 5.41) is 3.22. The molecule has 1 aliphatic heterocycles. The number of thioether (sulfide) groups is 1. The first-order valence-electron chi connectivity index (χ1n) is 7.25. The SMILES string of the molecule is CC(=O)NCc1ccc(C(=O)N2CCS[C@@H](C)[C@H]2C)cc1. The molecule has 1 saturated heterocycles. The fourth-order valence-electron chi connectivity index (χ4n) is 2.38. The lowest BCUT2D eigenvalue weighted by atomic mass is 10.1. The molecule has 1 aromatic rings. The number of benzene rings is 1. The predicted octanol–water partition coefficient (Wildman–Crippen LogP) is 2.29. The molecule has 1 N–H and O–H groups in total. The average molecular weight is 306 g/mol. The first kappa shape index (κ1) is 15.9. The smallest absolute Gasteiger partial charge is 0.254 e. The van der Waals surface area contributed by atoms with E-state index in [1.807, 2.05) is 40.9 Å². The molecule has 114 valence electrons. The van der Waals surface area contributed by atoms with E-state index in [9.17, 15) is 9.59 Å². The van der Waals surface area contributed by atoms with Crippen LogP contribution >= 0.6 is 11.8 Å². The van der Waals surface area contributed by atoms with Crippen LogP contribution in [0, 0.1) is 0 Å². The van der Waals surface area contributed by atoms with Crippen LogP contribution in [0.4, 0.5) is 0 Å². The van der Waals surface area contributed by atoms with Gasteiger partial charge < -0.3 is 10.2 Å². The van der Waals surface area contributed by atoms with Crippen molar-refractivity contribution in [3.05, 3.63) is 35.4 Å². The Balaban J connectivity index is 2.04. The second-order valence-electron chi connectivity index (χ2n) is 5.42. The average Bonchev–Trinajstić information content (AvgIpc) is 2.48. The Labute approximate surface area is 130 Å². The van der Waals surface area contributed by atoms with Crippen molar-refractivity contribution in [2.75, 3.05) is 12.3 Å². The number of hydrogen-bond acceptors (Lipinski definition) is 3. The van der Waals surface area contributed by atoms with Gasteiger partial charge in [-0.1, -0.05) is 19.1 Å². The van der Waals surface area contributed by atoms with Crippen molar-refractivity contribution in [2.45, 2.75) is 38.6 Å². The third-order valence-corrected chi connectivity index (χ3v) is 5.23. The zero-order valence-corrected chi connectivity index (χ0v) is 13.6. The minimum atomic E-state index is -0.0521. The maximum absolute atomic E-state index is 12.6. The largest absolute Gasteiger partial charge is 0.352 e. The molecule has 2 amide bonds. The number of nitrogens with one attached hydrogen (secondary N) is 1. The lowest BCUT2D eigenvalue weighted by Crippen LogP contribution is -2.47. The Morgan fingerprint density at radius 1 is 1.29 bits per heavy atom. The Morgan fingerprint density at radius 3 is 2.57 bits per heavy atom. The zero-order valence-electron chi connectivity index (χ0n) is 12.8. The number of nitrogens with zero attached hydrogens (tertiary/aromatic N) is 1. The van der Waals surface area contributed by atoms with Gasteiger partial charge in [-0.05, 0) is 24.6 Å². The van der Waals surface area contributed by atoms with Crippen LogP contribution < -0.4 is 5.32 Å². The molecule has 1 heterocycles. The second-order valence-corrected chi connectivity index (χ2v) is 6.91. The number of amides is 2. The van der Waals surface area contributed by atoms with Gasteiger partial charge in [-0.3, -0.25) is 9.59 Å². The van der Waals surface area contributed by atoms with E-state index in [4.69, 9.17) is 0 Å². The number of carbonyl (C=O) groups is 2. The molecule has 2 rings (SSSR count). The van der Waals surface area contributed by atoms with E-state index in [0.29, 0.717) is 17.4 Å². The summed E-state index contributed by atoms with van der Waals surface area (Å²) in [4.78, 5) is 25.4. The summed E-state index contributed by atoms with van der Waals surface area (Å²) in [6.07, 6.45) is 0. The van der Waals surface area contributed by atoms with E-state index in [1.54, 1.807) is 0 Å². The lowest BCUT2D eigenvalue weighted by molar-refractivity contribution is -0.119. The third kappa shape index (κ3) is 4.00. The molecular weight excluding hydrogens is 284 g/mol. The van der Waals surface area contributed by atoms with Gasteiger partial charge in [0.15, 0.2) is 0 Å². The van der Waals surface area contributed by atoms with Crippen molar-refractivity contribution in [3.8, 4) is 0 Å². The van der Waals surface area contributed by atoms with Crippen molar-refractivity contribution < 1.29 is 9.59 Å². The second kappa shape index (κ2) is 6.98. The van der Waals surface area contributed by atoms with E-state index in [2.05, 4.69) is 19.2 Å². The van der Waals surface area contributed by atoms with Gasteiger partial charge in [-0.25, -0.2) is 0 Å². The summed E-state index contributed by atoms with van der Waals surface area (Å²) in [6.45, 7) is 7.08. The first-order valence-corrected chi connectivity index (χ1v) is 8.30. The first-order chi connectivity index (χ1) is 9.99. The molecule has 0 aromatic heterocycles. The fourth-order valence-corrected chi connectivity index (χ4v) is 3.48. The van der Waals surface area contributed by atoms with Crippen LogP contribution in [0.2, 0.25) is 0 Å². The molecule has 5 heteroatoms. The molecular formula is C16H22N2O2S. The summed E-state index contributed by atoms with van der Waals surface area (Å²) in [6, 6.07) is 7.75. The summed E-state index contributed by atoms with van der Waals surface area (Å²) in [5.41, 5.74) is 1.71. The quantitative estimate of drug-likeness (QED) is 0.932. The monoisotopic (exact) mass is 306 g/mol. The highest BCUT2D eigenvalue weighted by Crippen LogP contribution is 2.25. The van der Waals surface area contributed by atoms with E-state index in [-0.39, 0.29) is 17.9 Å². The van der Waals surface area contributed by atoms with Gasteiger partial charge in [-0.15, -0.1) is 0 Å². The third-order valence-electron chi connectivity index (χ3n) is 3.89.